The molecular weight excluding hydrogens is 859 g/mol. The zero-order valence-corrected chi connectivity index (χ0v) is 36.9. The van der Waals surface area contributed by atoms with Crippen molar-refractivity contribution in [3.05, 3.63) is 246 Å². The molecular formula is C61H40BrNO2. The van der Waals surface area contributed by atoms with Crippen LogP contribution in [0.5, 0.6) is 23.0 Å². The molecule has 0 spiro atoms. The van der Waals surface area contributed by atoms with Gasteiger partial charge >= 0.3 is 0 Å². The summed E-state index contributed by atoms with van der Waals surface area (Å²) >= 11 is 3.31. The van der Waals surface area contributed by atoms with Gasteiger partial charge in [0.05, 0.1) is 11.0 Å². The van der Waals surface area contributed by atoms with Crippen LogP contribution < -0.4 is 9.47 Å². The van der Waals surface area contributed by atoms with E-state index in [0.717, 1.165) is 56.3 Å². The summed E-state index contributed by atoms with van der Waals surface area (Å²) in [6.07, 6.45) is 0.994. The molecule has 0 bridgehead atoms. The highest BCUT2D eigenvalue weighted by molar-refractivity contribution is 9.10. The Bertz CT molecular complexity index is 3590. The van der Waals surface area contributed by atoms with E-state index in [2.05, 4.69) is 209 Å². The average molecular weight is 899 g/mol. The van der Waals surface area contributed by atoms with Gasteiger partial charge in [0.15, 0.2) is 0 Å². The Labute approximate surface area is 386 Å². The van der Waals surface area contributed by atoms with Crippen molar-refractivity contribution in [1.29, 1.82) is 0 Å². The summed E-state index contributed by atoms with van der Waals surface area (Å²) < 4.78 is 16.5. The fraction of sp³-hybridized carbons (Fsp3) is 0.0164. The number of nitrogens with zero attached hydrogens (tertiary/aromatic N) is 1. The monoisotopic (exact) mass is 897 g/mol. The van der Waals surface area contributed by atoms with Gasteiger partial charge in [-0.1, -0.05) is 180 Å². The van der Waals surface area contributed by atoms with Crippen LogP contribution >= 0.6 is 15.9 Å². The number of ether oxygens (including phenoxy) is 2. The van der Waals surface area contributed by atoms with Gasteiger partial charge in [0.1, 0.15) is 23.0 Å². The molecule has 0 radical (unpaired) electrons. The molecule has 10 aromatic carbocycles. The second-order valence-corrected chi connectivity index (χ2v) is 17.4. The first-order chi connectivity index (χ1) is 32.2. The van der Waals surface area contributed by atoms with E-state index >= 15 is 0 Å². The van der Waals surface area contributed by atoms with Crippen molar-refractivity contribution < 1.29 is 9.47 Å². The van der Waals surface area contributed by atoms with Gasteiger partial charge in [0, 0.05) is 43.2 Å². The van der Waals surface area contributed by atoms with E-state index in [1.54, 1.807) is 0 Å². The van der Waals surface area contributed by atoms with Crippen LogP contribution in [0.25, 0.3) is 83.1 Å². The lowest BCUT2D eigenvalue weighted by molar-refractivity contribution is 0.488. The van der Waals surface area contributed by atoms with Crippen LogP contribution in [0, 0.1) is 0 Å². The van der Waals surface area contributed by atoms with Crippen LogP contribution in [0.1, 0.15) is 11.1 Å². The summed E-state index contributed by atoms with van der Waals surface area (Å²) in [4.78, 5) is 0. The second-order valence-electron chi connectivity index (χ2n) is 16.5. The lowest BCUT2D eigenvalue weighted by atomic mass is 9.92. The lowest BCUT2D eigenvalue weighted by Crippen LogP contribution is -1.94. The van der Waals surface area contributed by atoms with E-state index in [-0.39, 0.29) is 0 Å². The summed E-state index contributed by atoms with van der Waals surface area (Å²) in [6.45, 7) is 0. The Morgan fingerprint density at radius 3 is 1.40 bits per heavy atom. The summed E-state index contributed by atoms with van der Waals surface area (Å²) in [6, 6.07) is 80.7. The van der Waals surface area contributed by atoms with Gasteiger partial charge in [-0.05, 0) is 118 Å². The number of para-hydroxylation sites is 4. The third kappa shape index (κ3) is 6.91. The number of benzene rings is 10. The molecule has 0 unspecified atom stereocenters. The fourth-order valence-corrected chi connectivity index (χ4v) is 10.0. The summed E-state index contributed by atoms with van der Waals surface area (Å²) in [5.74, 6) is 3.65. The fourth-order valence-electron chi connectivity index (χ4n) is 9.72. The number of hydrogen-bond acceptors (Lipinski definition) is 2. The Balaban J connectivity index is 0.000000121. The molecule has 0 amide bonds. The molecule has 0 atom stereocenters. The predicted octanol–water partition coefficient (Wildman–Crippen LogP) is 17.4. The number of halogens is 1. The molecule has 0 saturated heterocycles. The third-order valence-electron chi connectivity index (χ3n) is 12.6. The first-order valence-corrected chi connectivity index (χ1v) is 22.8. The highest BCUT2D eigenvalue weighted by Gasteiger charge is 2.26. The van der Waals surface area contributed by atoms with E-state index in [9.17, 15) is 0 Å². The number of hydrogen-bond donors (Lipinski definition) is 0. The Hall–Kier alpha value is -7.92. The molecule has 308 valence electrons. The topological polar surface area (TPSA) is 23.4 Å². The van der Waals surface area contributed by atoms with Gasteiger partial charge < -0.3 is 14.0 Å². The third-order valence-corrected chi connectivity index (χ3v) is 13.2. The summed E-state index contributed by atoms with van der Waals surface area (Å²) in [5.41, 5.74) is 18.4. The second kappa shape index (κ2) is 16.3. The summed E-state index contributed by atoms with van der Waals surface area (Å²) in [5, 5.41) is 2.42. The van der Waals surface area contributed by atoms with E-state index in [4.69, 9.17) is 9.47 Å². The Morgan fingerprint density at radius 2 is 0.785 bits per heavy atom. The van der Waals surface area contributed by atoms with Crippen LogP contribution in [-0.4, -0.2) is 4.57 Å². The normalized spacial score (nSPS) is 12.0. The van der Waals surface area contributed by atoms with Crippen LogP contribution in [0.2, 0.25) is 0 Å². The minimum Gasteiger partial charge on any atom is -0.456 e. The van der Waals surface area contributed by atoms with Crippen molar-refractivity contribution in [2.45, 2.75) is 6.42 Å². The van der Waals surface area contributed by atoms with Crippen LogP contribution in [-0.2, 0) is 6.42 Å². The van der Waals surface area contributed by atoms with Crippen LogP contribution in [0.4, 0.5) is 0 Å². The van der Waals surface area contributed by atoms with Crippen molar-refractivity contribution >= 4 is 37.7 Å². The quantitative estimate of drug-likeness (QED) is 0.164. The van der Waals surface area contributed by atoms with E-state index in [1.165, 1.54) is 71.9 Å². The molecule has 0 fully saturated rings. The van der Waals surface area contributed by atoms with Gasteiger partial charge in [-0.25, -0.2) is 0 Å². The molecule has 11 aromatic rings. The predicted molar refractivity (Wildman–Crippen MR) is 271 cm³/mol. The van der Waals surface area contributed by atoms with Crippen molar-refractivity contribution in [2.75, 3.05) is 0 Å². The molecule has 65 heavy (non-hydrogen) atoms. The van der Waals surface area contributed by atoms with Crippen molar-refractivity contribution in [3.63, 3.8) is 0 Å². The van der Waals surface area contributed by atoms with Gasteiger partial charge in [-0.15, -0.1) is 0 Å². The molecule has 3 aliphatic rings. The molecule has 1 aliphatic carbocycles. The molecule has 3 heterocycles. The lowest BCUT2D eigenvalue weighted by Gasteiger charge is -2.12. The van der Waals surface area contributed by atoms with E-state index in [1.807, 2.05) is 42.5 Å². The first kappa shape index (κ1) is 38.7. The van der Waals surface area contributed by atoms with E-state index in [0.29, 0.717) is 0 Å². The van der Waals surface area contributed by atoms with Crippen molar-refractivity contribution in [3.8, 4) is 84.3 Å². The standard InChI is InChI=1S/C30H19NO.C25H16O.C6H5Br/c1-2-10-20(11-3-1)31-27-16-8-6-14-23(27)25-19-30-26(18-28(25)31)22-13-5-4-12-21(22)24-15-7-9-17-29(24)32-30;1-2-8-18-16(7-1)13-17-14-23-20-10-4-3-9-19(20)21-11-5-6-12-24(21)26-25(23)15-22(17)18;7-6-4-2-1-3-5-6/h1-19H;1-12,14-15H,13H2;1-5H. The van der Waals surface area contributed by atoms with Crippen molar-refractivity contribution in [1.82, 2.24) is 4.57 Å². The molecule has 1 aromatic heterocycles. The van der Waals surface area contributed by atoms with Gasteiger partial charge in [-0.3, -0.25) is 0 Å². The van der Waals surface area contributed by atoms with Gasteiger partial charge in [0.25, 0.3) is 0 Å². The SMILES string of the molecule is Brc1ccccc1.c1ccc(-n2c3ccccc3c3cc4c(cc32)-c2ccccc2-c2ccccc2O4)cc1.c1ccc2c(c1)Cc1cc3c(cc1-2)Oc1ccccc1-c1ccccc1-3. The molecule has 3 nitrogen and oxygen atoms in total. The molecule has 14 rings (SSSR count). The van der Waals surface area contributed by atoms with Crippen LogP contribution in [0.15, 0.2) is 235 Å². The average Bonchev–Trinajstić information content (AvgIpc) is 3.79. The largest absolute Gasteiger partial charge is 0.456 e. The molecule has 4 heteroatoms. The highest BCUT2D eigenvalue weighted by Crippen LogP contribution is 2.51. The highest BCUT2D eigenvalue weighted by atomic mass is 79.9. The Morgan fingerprint density at radius 1 is 0.308 bits per heavy atom. The Kier molecular flexibility index (Phi) is 9.73. The van der Waals surface area contributed by atoms with Crippen LogP contribution in [0.3, 0.4) is 0 Å². The van der Waals surface area contributed by atoms with Gasteiger partial charge in [0.2, 0.25) is 0 Å². The zero-order chi connectivity index (χ0) is 43.3. The maximum Gasteiger partial charge on any atom is 0.136 e. The molecule has 2 aliphatic heterocycles. The number of fused-ring (bicyclic) bond motifs is 16. The smallest absolute Gasteiger partial charge is 0.136 e. The number of aromatic nitrogens is 1. The molecule has 0 N–H and O–H groups in total. The maximum absolute atomic E-state index is 6.55. The molecule has 0 saturated carbocycles. The van der Waals surface area contributed by atoms with Crippen molar-refractivity contribution in [2.24, 2.45) is 0 Å². The minimum atomic E-state index is 0.893. The minimum absolute atomic E-state index is 0.893. The number of rotatable bonds is 1. The van der Waals surface area contributed by atoms with E-state index < -0.39 is 0 Å². The van der Waals surface area contributed by atoms with Gasteiger partial charge in [-0.2, -0.15) is 0 Å². The zero-order valence-electron chi connectivity index (χ0n) is 35.3. The summed E-state index contributed by atoms with van der Waals surface area (Å²) in [7, 11) is 0. The first-order valence-electron chi connectivity index (χ1n) is 22.0. The maximum atomic E-state index is 6.55.